The predicted molar refractivity (Wildman–Crippen MR) is 78.0 cm³/mol. The number of hydrogen-bond donors (Lipinski definition) is 2. The Labute approximate surface area is 113 Å². The van der Waals surface area contributed by atoms with Crippen molar-refractivity contribution in [3.8, 4) is 0 Å². The van der Waals surface area contributed by atoms with Gasteiger partial charge in [0.15, 0.2) is 0 Å². The van der Waals surface area contributed by atoms with Crippen molar-refractivity contribution in [1.29, 1.82) is 0 Å². The van der Waals surface area contributed by atoms with E-state index in [1.165, 1.54) is 64.7 Å². The maximum Gasteiger partial charge on any atom is 0.00938 e. The van der Waals surface area contributed by atoms with E-state index in [2.05, 4.69) is 29.4 Å². The first-order chi connectivity index (χ1) is 8.78. The van der Waals surface area contributed by atoms with E-state index in [1.807, 2.05) is 0 Å². The maximum absolute atomic E-state index is 3.84. The Morgan fingerprint density at radius 3 is 2.67 bits per heavy atom. The lowest BCUT2D eigenvalue weighted by Crippen LogP contribution is -2.46. The summed E-state index contributed by atoms with van der Waals surface area (Å²) in [6.45, 7) is 9.74. The van der Waals surface area contributed by atoms with Crippen LogP contribution in [0.5, 0.6) is 0 Å². The first-order valence-electron chi connectivity index (χ1n) is 7.99. The van der Waals surface area contributed by atoms with E-state index in [4.69, 9.17) is 0 Å². The van der Waals surface area contributed by atoms with Crippen LogP contribution in [0, 0.1) is 0 Å². The summed E-state index contributed by atoms with van der Waals surface area (Å²) < 4.78 is 0. The summed E-state index contributed by atoms with van der Waals surface area (Å²) in [6.07, 6.45) is 8.01. The van der Waals surface area contributed by atoms with E-state index in [1.54, 1.807) is 0 Å². The van der Waals surface area contributed by atoms with Gasteiger partial charge in [-0.1, -0.05) is 6.92 Å². The molecule has 2 atom stereocenters. The van der Waals surface area contributed by atoms with E-state index < -0.39 is 0 Å². The van der Waals surface area contributed by atoms with Crippen molar-refractivity contribution in [1.82, 2.24) is 15.5 Å². The Bertz CT molecular complexity index is 218. The molecule has 3 nitrogen and oxygen atoms in total. The van der Waals surface area contributed by atoms with E-state index in [0.717, 1.165) is 12.1 Å². The van der Waals surface area contributed by atoms with Crippen LogP contribution in [0.1, 0.15) is 52.4 Å². The molecule has 2 saturated heterocycles. The van der Waals surface area contributed by atoms with E-state index >= 15 is 0 Å². The molecule has 0 saturated carbocycles. The molecule has 2 aliphatic heterocycles. The average Bonchev–Trinajstić information content (AvgIpc) is 2.84. The van der Waals surface area contributed by atoms with Crippen molar-refractivity contribution < 1.29 is 0 Å². The highest BCUT2D eigenvalue weighted by molar-refractivity contribution is 4.83. The molecule has 106 valence electrons. The quantitative estimate of drug-likeness (QED) is 0.758. The van der Waals surface area contributed by atoms with Crippen LogP contribution >= 0.6 is 0 Å². The molecule has 2 unspecified atom stereocenters. The fraction of sp³-hybridized carbons (Fsp3) is 1.00. The van der Waals surface area contributed by atoms with Crippen LogP contribution in [-0.2, 0) is 0 Å². The van der Waals surface area contributed by atoms with Gasteiger partial charge in [-0.05, 0) is 71.6 Å². The minimum absolute atomic E-state index is 0.670. The molecule has 0 radical (unpaired) electrons. The van der Waals surface area contributed by atoms with Crippen molar-refractivity contribution in [2.45, 2.75) is 70.5 Å². The molecule has 2 aliphatic rings. The van der Waals surface area contributed by atoms with Crippen LogP contribution in [0.15, 0.2) is 0 Å². The first kappa shape index (κ1) is 14.3. The maximum atomic E-state index is 3.84. The lowest BCUT2D eigenvalue weighted by molar-refractivity contribution is 0.190. The number of likely N-dealkylation sites (tertiary alicyclic amines) is 1. The summed E-state index contributed by atoms with van der Waals surface area (Å²) in [5, 5.41) is 7.44. The molecule has 2 rings (SSSR count). The second-order valence-electron chi connectivity index (χ2n) is 6.21. The fourth-order valence-electron chi connectivity index (χ4n) is 3.49. The molecule has 2 fully saturated rings. The normalized spacial score (nSPS) is 28.7. The molecule has 3 heteroatoms. The molecule has 0 spiro atoms. The number of nitrogens with one attached hydrogen (secondary N) is 2. The summed E-state index contributed by atoms with van der Waals surface area (Å²) >= 11 is 0. The molecule has 18 heavy (non-hydrogen) atoms. The Hall–Kier alpha value is -0.120. The van der Waals surface area contributed by atoms with Crippen molar-refractivity contribution >= 4 is 0 Å². The van der Waals surface area contributed by atoms with Crippen LogP contribution in [0.4, 0.5) is 0 Å². The van der Waals surface area contributed by atoms with Gasteiger partial charge in [0.1, 0.15) is 0 Å². The van der Waals surface area contributed by atoms with Crippen molar-refractivity contribution in [3.05, 3.63) is 0 Å². The van der Waals surface area contributed by atoms with Gasteiger partial charge in [0.2, 0.25) is 0 Å². The lowest BCUT2D eigenvalue weighted by Gasteiger charge is -2.34. The third kappa shape index (κ3) is 4.52. The van der Waals surface area contributed by atoms with E-state index in [-0.39, 0.29) is 0 Å². The smallest absolute Gasteiger partial charge is 0.00938 e. The summed E-state index contributed by atoms with van der Waals surface area (Å²) in [7, 11) is 0. The Morgan fingerprint density at radius 1 is 1.28 bits per heavy atom. The minimum atomic E-state index is 0.670. The van der Waals surface area contributed by atoms with Crippen LogP contribution in [-0.4, -0.2) is 49.2 Å². The molecule has 0 aliphatic carbocycles. The Morgan fingerprint density at radius 2 is 2.06 bits per heavy atom. The molecule has 0 aromatic heterocycles. The molecule has 2 N–H and O–H groups in total. The van der Waals surface area contributed by atoms with Crippen LogP contribution < -0.4 is 10.6 Å². The van der Waals surface area contributed by atoms with Crippen molar-refractivity contribution in [2.75, 3.05) is 26.2 Å². The topological polar surface area (TPSA) is 27.3 Å². The van der Waals surface area contributed by atoms with Crippen molar-refractivity contribution in [3.63, 3.8) is 0 Å². The van der Waals surface area contributed by atoms with E-state index in [0.29, 0.717) is 6.04 Å². The van der Waals surface area contributed by atoms with Crippen LogP contribution in [0.2, 0.25) is 0 Å². The molecular weight excluding hydrogens is 222 g/mol. The van der Waals surface area contributed by atoms with Crippen LogP contribution in [0.3, 0.4) is 0 Å². The zero-order valence-corrected chi connectivity index (χ0v) is 12.3. The highest BCUT2D eigenvalue weighted by Gasteiger charge is 2.22. The third-order valence-electron chi connectivity index (χ3n) is 4.45. The van der Waals surface area contributed by atoms with Gasteiger partial charge in [-0.2, -0.15) is 0 Å². The zero-order chi connectivity index (χ0) is 12.8. The summed E-state index contributed by atoms with van der Waals surface area (Å²) in [4.78, 5) is 2.61. The molecule has 0 aromatic carbocycles. The van der Waals surface area contributed by atoms with E-state index in [9.17, 15) is 0 Å². The largest absolute Gasteiger partial charge is 0.314 e. The zero-order valence-electron chi connectivity index (χ0n) is 12.3. The average molecular weight is 253 g/mol. The standard InChI is InChI=1S/C15H31N3/c1-3-9-18-10-6-14(7-11-18)17-13(2)12-15-5-4-8-16-15/h13-17H,3-12H2,1-2H3. The molecule has 2 heterocycles. The van der Waals surface area contributed by atoms with Gasteiger partial charge in [0.05, 0.1) is 0 Å². The molecule has 0 amide bonds. The predicted octanol–water partition coefficient (Wildman–Crippen LogP) is 1.98. The number of rotatable bonds is 6. The first-order valence-corrected chi connectivity index (χ1v) is 7.99. The molecule has 0 aromatic rings. The second-order valence-corrected chi connectivity index (χ2v) is 6.21. The summed E-state index contributed by atoms with van der Waals surface area (Å²) in [5.41, 5.74) is 0. The lowest BCUT2D eigenvalue weighted by atomic mass is 10.0. The number of piperidine rings is 1. The van der Waals surface area contributed by atoms with Gasteiger partial charge in [-0.15, -0.1) is 0 Å². The highest BCUT2D eigenvalue weighted by atomic mass is 15.1. The number of nitrogens with zero attached hydrogens (tertiary/aromatic N) is 1. The van der Waals surface area contributed by atoms with Gasteiger partial charge in [-0.25, -0.2) is 0 Å². The summed E-state index contributed by atoms with van der Waals surface area (Å²) in [6, 6.07) is 2.20. The van der Waals surface area contributed by atoms with Gasteiger partial charge in [0.25, 0.3) is 0 Å². The second kappa shape index (κ2) is 7.46. The van der Waals surface area contributed by atoms with Gasteiger partial charge < -0.3 is 15.5 Å². The van der Waals surface area contributed by atoms with Crippen LogP contribution in [0.25, 0.3) is 0 Å². The Balaban J connectivity index is 1.61. The summed E-state index contributed by atoms with van der Waals surface area (Å²) in [5.74, 6) is 0. The fourth-order valence-corrected chi connectivity index (χ4v) is 3.49. The SMILES string of the molecule is CCCN1CCC(NC(C)CC2CCCN2)CC1. The minimum Gasteiger partial charge on any atom is -0.314 e. The van der Waals surface area contributed by atoms with Gasteiger partial charge in [-0.3, -0.25) is 0 Å². The Kier molecular flexibility index (Phi) is 5.93. The molecule has 0 bridgehead atoms. The molecular formula is C15H31N3. The van der Waals surface area contributed by atoms with Gasteiger partial charge in [0, 0.05) is 18.1 Å². The van der Waals surface area contributed by atoms with Gasteiger partial charge >= 0.3 is 0 Å². The monoisotopic (exact) mass is 253 g/mol. The third-order valence-corrected chi connectivity index (χ3v) is 4.45. The number of hydrogen-bond acceptors (Lipinski definition) is 3. The highest BCUT2D eigenvalue weighted by Crippen LogP contribution is 2.14. The van der Waals surface area contributed by atoms with Crippen molar-refractivity contribution in [2.24, 2.45) is 0 Å².